The molecule has 1 aromatic carbocycles. The van der Waals surface area contributed by atoms with Gasteiger partial charge >= 0.3 is 5.97 Å². The van der Waals surface area contributed by atoms with Crippen LogP contribution in [0.2, 0.25) is 0 Å². The van der Waals surface area contributed by atoms with Crippen LogP contribution in [0.4, 0.5) is 0 Å². The van der Waals surface area contributed by atoms with Gasteiger partial charge in [-0.15, -0.1) is 0 Å². The summed E-state index contributed by atoms with van der Waals surface area (Å²) >= 11 is 1.44. The summed E-state index contributed by atoms with van der Waals surface area (Å²) in [6.45, 7) is 5.84. The van der Waals surface area contributed by atoms with E-state index in [9.17, 15) is 9.59 Å². The van der Waals surface area contributed by atoms with Crippen LogP contribution in [-0.4, -0.2) is 41.1 Å². The Kier molecular flexibility index (Phi) is 7.08. The molecule has 0 aliphatic rings. The van der Waals surface area contributed by atoms with Crippen molar-refractivity contribution >= 4 is 23.6 Å². The standard InChI is InChI=1S/C15H21NO4S/c1-10-6-11(2)8-13(7-10)20-4-5-21-9-14(15(18)19)16-12(3)17/h6-8,14H,4-5,9H2,1-3H3,(H,16,17)(H,18,19). The highest BCUT2D eigenvalue weighted by Gasteiger charge is 2.17. The Hall–Kier alpha value is -1.69. The van der Waals surface area contributed by atoms with Gasteiger partial charge in [0.2, 0.25) is 5.91 Å². The molecule has 0 aromatic heterocycles. The number of amides is 1. The number of aliphatic carboxylic acids is 1. The third-order valence-corrected chi connectivity index (χ3v) is 3.68. The van der Waals surface area contributed by atoms with Crippen LogP contribution in [0.25, 0.3) is 0 Å². The van der Waals surface area contributed by atoms with E-state index in [4.69, 9.17) is 9.84 Å². The summed E-state index contributed by atoms with van der Waals surface area (Å²) in [6.07, 6.45) is 0. The zero-order valence-corrected chi connectivity index (χ0v) is 13.3. The van der Waals surface area contributed by atoms with Crippen LogP contribution < -0.4 is 10.1 Å². The minimum absolute atomic E-state index is 0.325. The lowest BCUT2D eigenvalue weighted by Gasteiger charge is -2.13. The smallest absolute Gasteiger partial charge is 0.327 e. The highest BCUT2D eigenvalue weighted by atomic mass is 32.2. The molecule has 21 heavy (non-hydrogen) atoms. The van der Waals surface area contributed by atoms with Crippen LogP contribution >= 0.6 is 11.8 Å². The number of nitrogens with one attached hydrogen (secondary N) is 1. The molecule has 0 saturated carbocycles. The van der Waals surface area contributed by atoms with Crippen molar-refractivity contribution in [1.82, 2.24) is 5.32 Å². The molecular weight excluding hydrogens is 290 g/mol. The van der Waals surface area contributed by atoms with Crippen molar-refractivity contribution in [3.05, 3.63) is 29.3 Å². The summed E-state index contributed by atoms with van der Waals surface area (Å²) in [5.74, 6) is 0.453. The lowest BCUT2D eigenvalue weighted by atomic mass is 10.1. The van der Waals surface area contributed by atoms with Gasteiger partial charge in [0.1, 0.15) is 11.8 Å². The predicted molar refractivity (Wildman–Crippen MR) is 84.0 cm³/mol. The number of ether oxygens (including phenoxy) is 1. The van der Waals surface area contributed by atoms with E-state index in [0.29, 0.717) is 18.1 Å². The molecule has 1 rings (SSSR count). The fraction of sp³-hybridized carbons (Fsp3) is 0.467. The van der Waals surface area contributed by atoms with E-state index in [1.807, 2.05) is 26.0 Å². The van der Waals surface area contributed by atoms with Gasteiger partial charge in [0.15, 0.2) is 0 Å². The molecule has 0 heterocycles. The first-order chi connectivity index (χ1) is 9.88. The van der Waals surface area contributed by atoms with Crippen LogP contribution in [-0.2, 0) is 9.59 Å². The Morgan fingerprint density at radius 2 is 1.90 bits per heavy atom. The molecule has 1 unspecified atom stereocenters. The van der Waals surface area contributed by atoms with Gasteiger partial charge < -0.3 is 15.2 Å². The molecule has 0 bridgehead atoms. The number of carboxylic acid groups (broad SMARTS) is 1. The molecule has 1 atom stereocenters. The second-order valence-corrected chi connectivity index (χ2v) is 5.99. The molecule has 116 valence electrons. The van der Waals surface area contributed by atoms with E-state index < -0.39 is 12.0 Å². The Bertz CT molecular complexity index is 484. The van der Waals surface area contributed by atoms with E-state index in [0.717, 1.165) is 16.9 Å². The molecule has 2 N–H and O–H groups in total. The Balaban J connectivity index is 2.30. The molecule has 1 aromatic rings. The third-order valence-electron chi connectivity index (χ3n) is 2.65. The SMILES string of the molecule is CC(=O)NC(CSCCOc1cc(C)cc(C)c1)C(=O)O. The summed E-state index contributed by atoms with van der Waals surface area (Å²) in [5.41, 5.74) is 2.29. The minimum Gasteiger partial charge on any atom is -0.493 e. The van der Waals surface area contributed by atoms with Crippen LogP contribution in [0, 0.1) is 13.8 Å². The summed E-state index contributed by atoms with van der Waals surface area (Å²) < 4.78 is 5.64. The van der Waals surface area contributed by atoms with E-state index in [1.54, 1.807) is 0 Å². The monoisotopic (exact) mass is 311 g/mol. The normalized spacial score (nSPS) is 11.8. The fourth-order valence-electron chi connectivity index (χ4n) is 1.86. The highest BCUT2D eigenvalue weighted by molar-refractivity contribution is 7.99. The molecule has 0 radical (unpaired) electrons. The number of thioether (sulfide) groups is 1. The molecule has 0 fully saturated rings. The minimum atomic E-state index is -1.02. The molecule has 0 saturated heterocycles. The van der Waals surface area contributed by atoms with Gasteiger partial charge in [-0.3, -0.25) is 4.79 Å². The Morgan fingerprint density at radius 1 is 1.29 bits per heavy atom. The number of rotatable bonds is 8. The zero-order valence-electron chi connectivity index (χ0n) is 12.5. The van der Waals surface area contributed by atoms with E-state index in [2.05, 4.69) is 11.4 Å². The van der Waals surface area contributed by atoms with E-state index in [-0.39, 0.29) is 5.91 Å². The lowest BCUT2D eigenvalue weighted by Crippen LogP contribution is -2.41. The zero-order chi connectivity index (χ0) is 15.8. The largest absolute Gasteiger partial charge is 0.493 e. The summed E-state index contributed by atoms with van der Waals surface area (Å²) in [7, 11) is 0. The fourth-order valence-corrected chi connectivity index (χ4v) is 2.69. The van der Waals surface area contributed by atoms with Crippen molar-refractivity contribution in [3.8, 4) is 5.75 Å². The van der Waals surface area contributed by atoms with Crippen molar-refractivity contribution in [2.45, 2.75) is 26.8 Å². The predicted octanol–water partition coefficient (Wildman–Crippen LogP) is 2.00. The van der Waals surface area contributed by atoms with Gasteiger partial charge in [0.25, 0.3) is 0 Å². The number of carbonyl (C=O) groups excluding carboxylic acids is 1. The summed E-state index contributed by atoms with van der Waals surface area (Å²) in [4.78, 5) is 21.8. The Morgan fingerprint density at radius 3 is 2.43 bits per heavy atom. The Labute approximate surface area is 129 Å². The van der Waals surface area contributed by atoms with Gasteiger partial charge in [-0.05, 0) is 37.1 Å². The maximum atomic E-state index is 10.9. The lowest BCUT2D eigenvalue weighted by molar-refractivity contribution is -0.140. The van der Waals surface area contributed by atoms with Gasteiger partial charge in [-0.2, -0.15) is 11.8 Å². The van der Waals surface area contributed by atoms with Gasteiger partial charge in [-0.25, -0.2) is 4.79 Å². The third kappa shape index (κ3) is 7.04. The van der Waals surface area contributed by atoms with Crippen LogP contribution in [0.1, 0.15) is 18.1 Å². The van der Waals surface area contributed by atoms with Gasteiger partial charge in [0.05, 0.1) is 6.61 Å². The molecule has 0 aliphatic heterocycles. The van der Waals surface area contributed by atoms with Crippen molar-refractivity contribution in [1.29, 1.82) is 0 Å². The summed E-state index contributed by atoms with van der Waals surface area (Å²) in [5, 5.41) is 11.4. The molecular formula is C15H21NO4S. The number of carboxylic acids is 1. The van der Waals surface area contributed by atoms with Crippen molar-refractivity contribution < 1.29 is 19.4 Å². The summed E-state index contributed by atoms with van der Waals surface area (Å²) in [6, 6.07) is 5.16. The average molecular weight is 311 g/mol. The van der Waals surface area contributed by atoms with Gasteiger partial charge in [-0.1, -0.05) is 6.07 Å². The maximum Gasteiger partial charge on any atom is 0.327 e. The van der Waals surface area contributed by atoms with Crippen LogP contribution in [0.15, 0.2) is 18.2 Å². The molecule has 1 amide bonds. The quantitative estimate of drug-likeness (QED) is 0.718. The average Bonchev–Trinajstić information content (AvgIpc) is 2.35. The topological polar surface area (TPSA) is 75.6 Å². The van der Waals surface area contributed by atoms with E-state index in [1.165, 1.54) is 18.7 Å². The van der Waals surface area contributed by atoms with Gasteiger partial charge in [0, 0.05) is 18.4 Å². The van der Waals surface area contributed by atoms with Crippen LogP contribution in [0.5, 0.6) is 5.75 Å². The second kappa shape index (κ2) is 8.56. The molecule has 6 heteroatoms. The molecule has 0 spiro atoms. The number of benzene rings is 1. The second-order valence-electron chi connectivity index (χ2n) is 4.84. The van der Waals surface area contributed by atoms with Crippen LogP contribution in [0.3, 0.4) is 0 Å². The first-order valence-corrected chi connectivity index (χ1v) is 7.82. The number of carbonyl (C=O) groups is 2. The number of aryl methyl sites for hydroxylation is 2. The first-order valence-electron chi connectivity index (χ1n) is 6.67. The number of hydrogen-bond acceptors (Lipinski definition) is 4. The van der Waals surface area contributed by atoms with E-state index >= 15 is 0 Å². The molecule has 0 aliphatic carbocycles. The highest BCUT2D eigenvalue weighted by Crippen LogP contribution is 2.16. The van der Waals surface area contributed by atoms with Crippen molar-refractivity contribution in [2.75, 3.05) is 18.1 Å². The number of hydrogen-bond donors (Lipinski definition) is 2. The van der Waals surface area contributed by atoms with Crippen molar-refractivity contribution in [2.24, 2.45) is 0 Å². The maximum absolute atomic E-state index is 10.9. The van der Waals surface area contributed by atoms with Crippen molar-refractivity contribution in [3.63, 3.8) is 0 Å². The first kappa shape index (κ1) is 17.4. The molecule has 5 nitrogen and oxygen atoms in total.